The zero-order chi connectivity index (χ0) is 18.7. The van der Waals surface area contributed by atoms with E-state index in [2.05, 4.69) is 4.72 Å². The van der Waals surface area contributed by atoms with Gasteiger partial charge in [-0.3, -0.25) is 9.03 Å². The van der Waals surface area contributed by atoms with Gasteiger partial charge in [-0.1, -0.05) is 30.3 Å². The molecule has 0 fully saturated rings. The Morgan fingerprint density at radius 3 is 2.28 bits per heavy atom. The van der Waals surface area contributed by atoms with Crippen molar-refractivity contribution in [3.63, 3.8) is 0 Å². The number of nitrogens with one attached hydrogen (secondary N) is 1. The average molecular weight is 386 g/mol. The van der Waals surface area contributed by atoms with Gasteiger partial charge in [-0.2, -0.15) is 0 Å². The molecule has 25 heavy (non-hydrogen) atoms. The first-order chi connectivity index (χ1) is 11.6. The van der Waals surface area contributed by atoms with Crippen LogP contribution in [0, 0.1) is 5.82 Å². The quantitative estimate of drug-likeness (QED) is 0.791. The Morgan fingerprint density at radius 2 is 1.68 bits per heavy atom. The Balaban J connectivity index is 2.24. The molecule has 9 heteroatoms. The molecule has 0 aliphatic carbocycles. The molecule has 0 saturated heterocycles. The highest BCUT2D eigenvalue weighted by Crippen LogP contribution is 2.28. The fourth-order valence-electron chi connectivity index (χ4n) is 2.16. The summed E-state index contributed by atoms with van der Waals surface area (Å²) in [6.45, 7) is 0. The number of nitrogens with zero attached hydrogens (tertiary/aromatic N) is 1. The topological polar surface area (TPSA) is 83.6 Å². The van der Waals surface area contributed by atoms with Crippen molar-refractivity contribution in [1.29, 1.82) is 0 Å². The lowest BCUT2D eigenvalue weighted by Gasteiger charge is -2.21. The number of rotatable bonds is 7. The van der Waals surface area contributed by atoms with Crippen LogP contribution in [0.5, 0.6) is 0 Å². The van der Waals surface area contributed by atoms with Crippen LogP contribution < -0.4 is 9.03 Å². The second-order valence-electron chi connectivity index (χ2n) is 5.55. The summed E-state index contributed by atoms with van der Waals surface area (Å²) in [6, 6.07) is 12.3. The summed E-state index contributed by atoms with van der Waals surface area (Å²) in [5.74, 6) is -0.887. The summed E-state index contributed by atoms with van der Waals surface area (Å²) in [7, 11) is -6.15. The number of aryl methyl sites for hydroxylation is 1. The molecule has 0 bridgehead atoms. The summed E-state index contributed by atoms with van der Waals surface area (Å²) in [5.41, 5.74) is 0.772. The van der Waals surface area contributed by atoms with E-state index < -0.39 is 25.9 Å². The van der Waals surface area contributed by atoms with Crippen molar-refractivity contribution < 1.29 is 21.2 Å². The van der Waals surface area contributed by atoms with E-state index in [1.54, 1.807) is 24.3 Å². The van der Waals surface area contributed by atoms with Crippen LogP contribution in [-0.2, 0) is 26.5 Å². The first-order valence-electron chi connectivity index (χ1n) is 7.36. The fourth-order valence-corrected chi connectivity index (χ4v) is 3.78. The molecular formula is C16H19FN2O4S2. The molecule has 0 radical (unpaired) electrons. The van der Waals surface area contributed by atoms with Gasteiger partial charge in [0.05, 0.1) is 23.4 Å². The van der Waals surface area contributed by atoms with Crippen LogP contribution in [0.1, 0.15) is 5.56 Å². The van der Waals surface area contributed by atoms with Gasteiger partial charge in [-0.15, -0.1) is 0 Å². The van der Waals surface area contributed by atoms with Crippen molar-refractivity contribution >= 4 is 31.4 Å². The summed E-state index contributed by atoms with van der Waals surface area (Å²) in [5, 5.41) is 0. The van der Waals surface area contributed by atoms with Crippen LogP contribution in [-0.4, -0.2) is 35.9 Å². The molecule has 0 amide bonds. The van der Waals surface area contributed by atoms with Crippen LogP contribution >= 0.6 is 0 Å². The van der Waals surface area contributed by atoms with Gasteiger partial charge in [-0.05, 0) is 24.1 Å². The lowest BCUT2D eigenvalue weighted by molar-refractivity contribution is 0.597. The predicted molar refractivity (Wildman–Crippen MR) is 97.2 cm³/mol. The van der Waals surface area contributed by atoms with Gasteiger partial charge in [0, 0.05) is 13.1 Å². The molecule has 0 atom stereocenters. The highest BCUT2D eigenvalue weighted by atomic mass is 32.2. The van der Waals surface area contributed by atoms with E-state index in [9.17, 15) is 21.2 Å². The lowest BCUT2D eigenvalue weighted by atomic mass is 10.2. The fraction of sp³-hybridized carbons (Fsp3) is 0.250. The highest BCUT2D eigenvalue weighted by Gasteiger charge is 2.20. The summed E-state index contributed by atoms with van der Waals surface area (Å²) in [4.78, 5) is 0. The maximum Gasteiger partial charge on any atom is 0.233 e. The predicted octanol–water partition coefficient (Wildman–Crippen LogP) is 2.21. The zero-order valence-electron chi connectivity index (χ0n) is 13.8. The van der Waals surface area contributed by atoms with E-state index in [4.69, 9.17) is 0 Å². The second kappa shape index (κ2) is 7.40. The molecular weight excluding hydrogens is 367 g/mol. The molecule has 0 heterocycles. The Bertz CT molecular complexity index is 945. The molecule has 6 nitrogen and oxygen atoms in total. The van der Waals surface area contributed by atoms with Crippen molar-refractivity contribution in [1.82, 2.24) is 0 Å². The van der Waals surface area contributed by atoms with Crippen LogP contribution in [0.2, 0.25) is 0 Å². The maximum atomic E-state index is 13.5. The molecule has 136 valence electrons. The smallest absolute Gasteiger partial charge is 0.233 e. The molecule has 2 aromatic rings. The molecule has 0 saturated carbocycles. The van der Waals surface area contributed by atoms with Gasteiger partial charge in [-0.25, -0.2) is 21.2 Å². The van der Waals surface area contributed by atoms with Crippen molar-refractivity contribution in [3.8, 4) is 0 Å². The van der Waals surface area contributed by atoms with E-state index in [0.29, 0.717) is 0 Å². The monoisotopic (exact) mass is 386 g/mol. The minimum atomic E-state index is -3.79. The molecule has 0 aliphatic rings. The minimum Gasteiger partial charge on any atom is -0.281 e. The number of halogens is 1. The maximum absolute atomic E-state index is 13.5. The van der Waals surface area contributed by atoms with E-state index in [0.717, 1.165) is 28.3 Å². The van der Waals surface area contributed by atoms with Crippen LogP contribution in [0.15, 0.2) is 48.5 Å². The second-order valence-corrected chi connectivity index (χ2v) is 9.40. The van der Waals surface area contributed by atoms with Crippen molar-refractivity contribution in [3.05, 3.63) is 59.9 Å². The normalized spacial score (nSPS) is 12.0. The van der Waals surface area contributed by atoms with E-state index in [-0.39, 0.29) is 23.5 Å². The van der Waals surface area contributed by atoms with Crippen LogP contribution in [0.4, 0.5) is 15.8 Å². The van der Waals surface area contributed by atoms with Crippen LogP contribution in [0.3, 0.4) is 0 Å². The summed E-state index contributed by atoms with van der Waals surface area (Å²) >= 11 is 0. The number of anilines is 2. The minimum absolute atomic E-state index is 0.0483. The van der Waals surface area contributed by atoms with Gasteiger partial charge < -0.3 is 0 Å². The molecule has 0 aromatic heterocycles. The van der Waals surface area contributed by atoms with Crippen molar-refractivity contribution in [2.45, 2.75) is 6.42 Å². The number of hydrogen-bond acceptors (Lipinski definition) is 4. The number of hydrogen-bond donors (Lipinski definition) is 1. The van der Waals surface area contributed by atoms with Gasteiger partial charge in [0.15, 0.2) is 0 Å². The van der Waals surface area contributed by atoms with Crippen LogP contribution in [0.25, 0.3) is 0 Å². The number of benzene rings is 2. The van der Waals surface area contributed by atoms with Crippen molar-refractivity contribution in [2.24, 2.45) is 0 Å². The van der Waals surface area contributed by atoms with Gasteiger partial charge in [0.25, 0.3) is 0 Å². The van der Waals surface area contributed by atoms with E-state index in [1.807, 2.05) is 6.07 Å². The van der Waals surface area contributed by atoms with Gasteiger partial charge in [0.1, 0.15) is 5.82 Å². The van der Waals surface area contributed by atoms with Crippen molar-refractivity contribution in [2.75, 3.05) is 28.1 Å². The third-order valence-corrected chi connectivity index (χ3v) is 6.03. The molecule has 1 N–H and O–H groups in total. The standard InChI is InChI=1S/C16H19FN2O4S2/c1-19(24(2,20)21)16-9-8-14(17)12-15(16)18-25(22,23)11-10-13-6-4-3-5-7-13/h3-9,12,18H,10-11H2,1-2H3. The molecule has 2 rings (SSSR count). The third kappa shape index (κ3) is 5.43. The third-order valence-electron chi connectivity index (χ3n) is 3.56. The SMILES string of the molecule is CN(c1ccc(F)cc1NS(=O)(=O)CCc1ccccc1)S(C)(=O)=O. The Morgan fingerprint density at radius 1 is 1.04 bits per heavy atom. The Hall–Kier alpha value is -2.13. The average Bonchev–Trinajstić information content (AvgIpc) is 2.52. The zero-order valence-corrected chi connectivity index (χ0v) is 15.4. The molecule has 0 spiro atoms. The highest BCUT2D eigenvalue weighted by molar-refractivity contribution is 7.93. The molecule has 0 aliphatic heterocycles. The first-order valence-corrected chi connectivity index (χ1v) is 10.9. The van der Waals surface area contributed by atoms with Gasteiger partial charge in [0.2, 0.25) is 20.0 Å². The molecule has 2 aromatic carbocycles. The number of sulfonamides is 2. The van der Waals surface area contributed by atoms with E-state index in [1.165, 1.54) is 13.1 Å². The largest absolute Gasteiger partial charge is 0.281 e. The van der Waals surface area contributed by atoms with Gasteiger partial charge >= 0.3 is 0 Å². The first kappa shape index (κ1) is 19.2. The summed E-state index contributed by atoms with van der Waals surface area (Å²) in [6.07, 6.45) is 1.26. The Kier molecular flexibility index (Phi) is 5.69. The summed E-state index contributed by atoms with van der Waals surface area (Å²) < 4.78 is 64.7. The Labute approximate surface area is 147 Å². The van der Waals surface area contributed by atoms with E-state index >= 15 is 0 Å². The lowest BCUT2D eigenvalue weighted by Crippen LogP contribution is -2.27. The molecule has 0 unspecified atom stereocenters.